The molecule has 1 rings (SSSR count). The van der Waals surface area contributed by atoms with Crippen LogP contribution in [0.25, 0.3) is 0 Å². The predicted molar refractivity (Wildman–Crippen MR) is 68.0 cm³/mol. The van der Waals surface area contributed by atoms with E-state index >= 15 is 0 Å². The number of allylic oxidation sites excluding steroid dienone is 2. The Morgan fingerprint density at radius 1 is 1.50 bits per heavy atom. The van der Waals surface area contributed by atoms with E-state index in [1.54, 1.807) is 0 Å². The second kappa shape index (κ2) is 5.51. The van der Waals surface area contributed by atoms with Crippen LogP contribution in [0.1, 0.15) is 41.0 Å². The maximum Gasteiger partial charge on any atom is 0.223 e. The molecule has 1 N–H and O–H groups in total. The van der Waals surface area contributed by atoms with Crippen molar-refractivity contribution in [2.45, 2.75) is 41.0 Å². The largest absolute Gasteiger partial charge is 0.356 e. The molecule has 92 valence electrons. The van der Waals surface area contributed by atoms with Gasteiger partial charge in [-0.25, -0.2) is 0 Å². The van der Waals surface area contributed by atoms with Gasteiger partial charge in [-0.3, -0.25) is 4.79 Å². The Hall–Kier alpha value is -0.790. The van der Waals surface area contributed by atoms with E-state index in [4.69, 9.17) is 0 Å². The molecule has 0 spiro atoms. The van der Waals surface area contributed by atoms with Crippen LogP contribution in [0.3, 0.4) is 0 Å². The van der Waals surface area contributed by atoms with Gasteiger partial charge >= 0.3 is 0 Å². The van der Waals surface area contributed by atoms with Gasteiger partial charge in [0, 0.05) is 12.5 Å². The third kappa shape index (κ3) is 3.36. The maximum atomic E-state index is 12.1. The smallest absolute Gasteiger partial charge is 0.223 e. The Bertz CT molecular complexity index is 280. The standard InChI is InChI=1S/C14H25NO/c1-9(2)8-15-14(16)13-7-10(3)6-11(4)12(13)5/h6,9,11-13H,7-8H2,1-5H3,(H,15,16)/t11-,12-,13-/m1/s1. The van der Waals surface area contributed by atoms with Crippen molar-refractivity contribution in [1.29, 1.82) is 0 Å². The molecule has 16 heavy (non-hydrogen) atoms. The van der Waals surface area contributed by atoms with E-state index < -0.39 is 0 Å². The zero-order valence-electron chi connectivity index (χ0n) is 11.2. The van der Waals surface area contributed by atoms with Crippen LogP contribution in [0, 0.1) is 23.7 Å². The Kier molecular flexibility index (Phi) is 4.57. The zero-order valence-corrected chi connectivity index (χ0v) is 11.2. The van der Waals surface area contributed by atoms with Crippen molar-refractivity contribution in [3.05, 3.63) is 11.6 Å². The van der Waals surface area contributed by atoms with Gasteiger partial charge in [0.2, 0.25) is 5.91 Å². The summed E-state index contributed by atoms with van der Waals surface area (Å²) in [5.41, 5.74) is 1.36. The molecule has 1 aliphatic carbocycles. The molecule has 0 aromatic rings. The second-order valence-electron chi connectivity index (χ2n) is 5.68. The van der Waals surface area contributed by atoms with Crippen LogP contribution in [-0.4, -0.2) is 12.5 Å². The maximum absolute atomic E-state index is 12.1. The Balaban J connectivity index is 2.59. The summed E-state index contributed by atoms with van der Waals surface area (Å²) in [7, 11) is 0. The molecular formula is C14H25NO. The number of hydrogen-bond acceptors (Lipinski definition) is 1. The Labute approximate surface area is 99.5 Å². The number of amides is 1. The topological polar surface area (TPSA) is 29.1 Å². The van der Waals surface area contributed by atoms with E-state index in [-0.39, 0.29) is 11.8 Å². The fourth-order valence-electron chi connectivity index (χ4n) is 2.34. The van der Waals surface area contributed by atoms with E-state index in [9.17, 15) is 4.79 Å². The van der Waals surface area contributed by atoms with E-state index in [2.05, 4.69) is 46.0 Å². The van der Waals surface area contributed by atoms with Crippen molar-refractivity contribution >= 4 is 5.91 Å². The molecule has 0 unspecified atom stereocenters. The fourth-order valence-corrected chi connectivity index (χ4v) is 2.34. The van der Waals surface area contributed by atoms with Crippen LogP contribution in [0.5, 0.6) is 0 Å². The van der Waals surface area contributed by atoms with E-state index in [1.165, 1.54) is 5.57 Å². The van der Waals surface area contributed by atoms with E-state index in [1.807, 2.05) is 0 Å². The van der Waals surface area contributed by atoms with Gasteiger partial charge in [0.1, 0.15) is 0 Å². The van der Waals surface area contributed by atoms with Crippen molar-refractivity contribution < 1.29 is 4.79 Å². The highest BCUT2D eigenvalue weighted by atomic mass is 16.1. The van der Waals surface area contributed by atoms with Crippen LogP contribution < -0.4 is 5.32 Å². The molecule has 2 heteroatoms. The highest BCUT2D eigenvalue weighted by Gasteiger charge is 2.31. The highest BCUT2D eigenvalue weighted by Crippen LogP contribution is 2.33. The molecule has 0 saturated heterocycles. The average molecular weight is 223 g/mol. The minimum atomic E-state index is 0.166. The third-order valence-electron chi connectivity index (χ3n) is 3.57. The molecule has 2 nitrogen and oxygen atoms in total. The van der Waals surface area contributed by atoms with Gasteiger partial charge in [-0.2, -0.15) is 0 Å². The third-order valence-corrected chi connectivity index (χ3v) is 3.57. The summed E-state index contributed by atoms with van der Waals surface area (Å²) in [4.78, 5) is 12.1. The monoisotopic (exact) mass is 223 g/mol. The van der Waals surface area contributed by atoms with Crippen molar-refractivity contribution in [1.82, 2.24) is 5.32 Å². The minimum absolute atomic E-state index is 0.166. The lowest BCUT2D eigenvalue weighted by Crippen LogP contribution is -2.39. The van der Waals surface area contributed by atoms with Crippen molar-refractivity contribution in [2.24, 2.45) is 23.7 Å². The number of carbonyl (C=O) groups excluding carboxylic acids is 1. The molecule has 0 aromatic heterocycles. The summed E-state index contributed by atoms with van der Waals surface area (Å²) in [6, 6.07) is 0. The molecule has 0 aromatic carbocycles. The van der Waals surface area contributed by atoms with Gasteiger partial charge in [-0.05, 0) is 31.1 Å². The minimum Gasteiger partial charge on any atom is -0.356 e. The first-order valence-electron chi connectivity index (χ1n) is 6.36. The molecule has 0 heterocycles. The van der Waals surface area contributed by atoms with Gasteiger partial charge in [0.25, 0.3) is 0 Å². The van der Waals surface area contributed by atoms with Crippen molar-refractivity contribution in [3.63, 3.8) is 0 Å². The zero-order chi connectivity index (χ0) is 12.3. The summed E-state index contributed by atoms with van der Waals surface area (Å²) in [6.45, 7) is 11.6. The van der Waals surface area contributed by atoms with Gasteiger partial charge in [0.05, 0.1) is 0 Å². The molecule has 0 radical (unpaired) electrons. The summed E-state index contributed by atoms with van der Waals surface area (Å²) in [5.74, 6) is 1.90. The van der Waals surface area contributed by atoms with Crippen LogP contribution in [0.4, 0.5) is 0 Å². The number of rotatable bonds is 3. The SMILES string of the molecule is CC1=C[C@@H](C)[C@@H](C)[C@H](C(=O)NCC(C)C)C1. The van der Waals surface area contributed by atoms with E-state index in [0.717, 1.165) is 13.0 Å². The summed E-state index contributed by atoms with van der Waals surface area (Å²) < 4.78 is 0. The molecule has 0 saturated carbocycles. The molecular weight excluding hydrogens is 198 g/mol. The average Bonchev–Trinajstić information content (AvgIpc) is 2.19. The number of nitrogens with one attached hydrogen (secondary N) is 1. The quantitative estimate of drug-likeness (QED) is 0.732. The Morgan fingerprint density at radius 3 is 2.69 bits per heavy atom. The highest BCUT2D eigenvalue weighted by molar-refractivity contribution is 5.79. The molecule has 1 amide bonds. The lowest BCUT2D eigenvalue weighted by molar-refractivity contribution is -0.127. The Morgan fingerprint density at radius 2 is 2.12 bits per heavy atom. The van der Waals surface area contributed by atoms with Gasteiger partial charge in [0.15, 0.2) is 0 Å². The van der Waals surface area contributed by atoms with Crippen LogP contribution in [-0.2, 0) is 4.79 Å². The first kappa shape index (κ1) is 13.3. The van der Waals surface area contributed by atoms with Gasteiger partial charge in [-0.15, -0.1) is 0 Å². The van der Waals surface area contributed by atoms with Crippen LogP contribution >= 0.6 is 0 Å². The van der Waals surface area contributed by atoms with Crippen molar-refractivity contribution in [2.75, 3.05) is 6.54 Å². The van der Waals surface area contributed by atoms with Crippen LogP contribution in [0.2, 0.25) is 0 Å². The predicted octanol–water partition coefficient (Wildman–Crippen LogP) is 3.00. The normalized spacial score (nSPS) is 30.1. The first-order valence-corrected chi connectivity index (χ1v) is 6.36. The molecule has 0 aliphatic heterocycles. The van der Waals surface area contributed by atoms with Gasteiger partial charge in [-0.1, -0.05) is 39.3 Å². The molecule has 0 fully saturated rings. The lowest BCUT2D eigenvalue weighted by Gasteiger charge is -2.31. The van der Waals surface area contributed by atoms with E-state index in [0.29, 0.717) is 17.8 Å². The fraction of sp³-hybridized carbons (Fsp3) is 0.786. The molecule has 3 atom stereocenters. The van der Waals surface area contributed by atoms with Crippen molar-refractivity contribution in [3.8, 4) is 0 Å². The number of hydrogen-bond donors (Lipinski definition) is 1. The lowest BCUT2D eigenvalue weighted by atomic mass is 9.75. The summed E-state index contributed by atoms with van der Waals surface area (Å²) in [5, 5.41) is 3.06. The second-order valence-corrected chi connectivity index (χ2v) is 5.68. The first-order chi connectivity index (χ1) is 7.41. The molecule has 1 aliphatic rings. The van der Waals surface area contributed by atoms with Crippen LogP contribution in [0.15, 0.2) is 11.6 Å². The molecule has 0 bridgehead atoms. The summed E-state index contributed by atoms with van der Waals surface area (Å²) in [6.07, 6.45) is 3.23. The number of carbonyl (C=O) groups is 1. The van der Waals surface area contributed by atoms with Gasteiger partial charge < -0.3 is 5.32 Å². The summed E-state index contributed by atoms with van der Waals surface area (Å²) >= 11 is 0.